The van der Waals surface area contributed by atoms with E-state index in [0.717, 1.165) is 31.4 Å². The van der Waals surface area contributed by atoms with Crippen molar-refractivity contribution >= 4 is 17.2 Å². The van der Waals surface area contributed by atoms with Gasteiger partial charge in [0.2, 0.25) is 0 Å². The Morgan fingerprint density at radius 2 is 2.41 bits per heavy atom. The summed E-state index contributed by atoms with van der Waals surface area (Å²) in [5, 5.41) is 9.83. The average Bonchev–Trinajstić information content (AvgIpc) is 2.95. The molecule has 0 spiro atoms. The van der Waals surface area contributed by atoms with Gasteiger partial charge in [0, 0.05) is 7.05 Å². The molecule has 1 aromatic heterocycles. The molecular formula is C12H18N2O2S. The van der Waals surface area contributed by atoms with E-state index in [1.165, 1.54) is 11.3 Å². The number of aromatic nitrogens is 1. The second-order valence-electron chi connectivity index (χ2n) is 4.46. The van der Waals surface area contributed by atoms with Gasteiger partial charge in [0.25, 0.3) is 5.91 Å². The Morgan fingerprint density at radius 1 is 1.65 bits per heavy atom. The SMILES string of the molecule is CCc1ncsc1C(=O)N(C)[C@@H]1CCC[C@H]1O. The van der Waals surface area contributed by atoms with Crippen molar-refractivity contribution < 1.29 is 9.90 Å². The molecule has 1 aromatic rings. The third-order valence-electron chi connectivity index (χ3n) is 3.43. The molecule has 1 heterocycles. The van der Waals surface area contributed by atoms with Crippen LogP contribution in [0.15, 0.2) is 5.51 Å². The minimum atomic E-state index is -0.373. The number of thiazole rings is 1. The number of amides is 1. The summed E-state index contributed by atoms with van der Waals surface area (Å²) in [7, 11) is 1.78. The summed E-state index contributed by atoms with van der Waals surface area (Å²) < 4.78 is 0. The number of aryl methyl sites for hydroxylation is 1. The molecule has 17 heavy (non-hydrogen) atoms. The molecule has 4 nitrogen and oxygen atoms in total. The lowest BCUT2D eigenvalue weighted by Crippen LogP contribution is -2.41. The molecule has 0 unspecified atom stereocenters. The van der Waals surface area contributed by atoms with Gasteiger partial charge in [0.05, 0.1) is 23.4 Å². The quantitative estimate of drug-likeness (QED) is 0.893. The molecule has 0 aromatic carbocycles. The number of aliphatic hydroxyl groups excluding tert-OH is 1. The molecule has 5 heteroatoms. The van der Waals surface area contributed by atoms with E-state index in [0.29, 0.717) is 4.88 Å². The molecule has 1 saturated carbocycles. The fourth-order valence-electron chi connectivity index (χ4n) is 2.38. The van der Waals surface area contributed by atoms with Crippen LogP contribution in [0.5, 0.6) is 0 Å². The number of carbonyl (C=O) groups excluding carboxylic acids is 1. The molecule has 1 aliphatic carbocycles. The van der Waals surface area contributed by atoms with Crippen molar-refractivity contribution in [3.8, 4) is 0 Å². The Balaban J connectivity index is 2.14. The summed E-state index contributed by atoms with van der Waals surface area (Å²) in [4.78, 5) is 18.9. The largest absolute Gasteiger partial charge is 0.391 e. The molecule has 1 amide bonds. The van der Waals surface area contributed by atoms with Crippen LogP contribution in [0.1, 0.15) is 41.6 Å². The van der Waals surface area contributed by atoms with Gasteiger partial charge in [-0.1, -0.05) is 6.92 Å². The molecule has 94 valence electrons. The van der Waals surface area contributed by atoms with Crippen LogP contribution < -0.4 is 0 Å². The highest BCUT2D eigenvalue weighted by Crippen LogP contribution is 2.26. The zero-order valence-corrected chi connectivity index (χ0v) is 11.0. The first-order chi connectivity index (χ1) is 8.15. The van der Waals surface area contributed by atoms with Crippen LogP contribution in [-0.4, -0.2) is 40.1 Å². The highest BCUT2D eigenvalue weighted by atomic mass is 32.1. The Morgan fingerprint density at radius 3 is 3.00 bits per heavy atom. The minimum absolute atomic E-state index is 0.00435. The lowest BCUT2D eigenvalue weighted by Gasteiger charge is -2.26. The van der Waals surface area contributed by atoms with E-state index >= 15 is 0 Å². The first-order valence-corrected chi connectivity index (χ1v) is 6.90. The first kappa shape index (κ1) is 12.5. The highest BCUT2D eigenvalue weighted by Gasteiger charge is 2.32. The number of hydrogen-bond donors (Lipinski definition) is 1. The number of rotatable bonds is 3. The molecule has 1 fully saturated rings. The molecule has 2 atom stereocenters. The van der Waals surface area contributed by atoms with Crippen molar-refractivity contribution in [2.45, 2.75) is 44.8 Å². The number of likely N-dealkylation sites (N-methyl/N-ethyl adjacent to an activating group) is 1. The highest BCUT2D eigenvalue weighted by molar-refractivity contribution is 7.11. The Kier molecular flexibility index (Phi) is 3.79. The zero-order valence-electron chi connectivity index (χ0n) is 10.2. The molecule has 0 bridgehead atoms. The molecule has 2 rings (SSSR count). The van der Waals surface area contributed by atoms with Gasteiger partial charge < -0.3 is 10.0 Å². The Hall–Kier alpha value is -0.940. The molecular weight excluding hydrogens is 236 g/mol. The van der Waals surface area contributed by atoms with Gasteiger partial charge in [0.1, 0.15) is 4.88 Å². The maximum atomic E-state index is 12.3. The smallest absolute Gasteiger partial charge is 0.265 e. The van der Waals surface area contributed by atoms with E-state index in [1.54, 1.807) is 17.5 Å². The number of hydrogen-bond acceptors (Lipinski definition) is 4. The van der Waals surface area contributed by atoms with Crippen LogP contribution in [0.25, 0.3) is 0 Å². The van der Waals surface area contributed by atoms with Gasteiger partial charge in [-0.3, -0.25) is 4.79 Å². The van der Waals surface area contributed by atoms with E-state index in [4.69, 9.17) is 0 Å². The minimum Gasteiger partial charge on any atom is -0.391 e. The molecule has 1 aliphatic rings. The van der Waals surface area contributed by atoms with Crippen LogP contribution in [-0.2, 0) is 6.42 Å². The van der Waals surface area contributed by atoms with Crippen LogP contribution in [0.4, 0.5) is 0 Å². The van der Waals surface area contributed by atoms with Crippen LogP contribution >= 0.6 is 11.3 Å². The van der Waals surface area contributed by atoms with Gasteiger partial charge in [-0.05, 0) is 25.7 Å². The molecule has 0 radical (unpaired) electrons. The Bertz CT molecular complexity index is 405. The van der Waals surface area contributed by atoms with Crippen molar-refractivity contribution in [2.75, 3.05) is 7.05 Å². The predicted molar refractivity (Wildman–Crippen MR) is 67.2 cm³/mol. The summed E-state index contributed by atoms with van der Waals surface area (Å²) in [5.41, 5.74) is 2.57. The second kappa shape index (κ2) is 5.14. The monoisotopic (exact) mass is 254 g/mol. The van der Waals surface area contributed by atoms with Crippen LogP contribution in [0.3, 0.4) is 0 Å². The van der Waals surface area contributed by atoms with E-state index in [1.807, 2.05) is 6.92 Å². The Labute approximate surface area is 105 Å². The maximum absolute atomic E-state index is 12.3. The van der Waals surface area contributed by atoms with E-state index in [2.05, 4.69) is 4.98 Å². The van der Waals surface area contributed by atoms with Crippen molar-refractivity contribution in [3.63, 3.8) is 0 Å². The van der Waals surface area contributed by atoms with Gasteiger partial charge in [-0.15, -0.1) is 11.3 Å². The summed E-state index contributed by atoms with van der Waals surface area (Å²) in [6.45, 7) is 2.00. The van der Waals surface area contributed by atoms with Gasteiger partial charge in [-0.2, -0.15) is 0 Å². The summed E-state index contributed by atoms with van der Waals surface area (Å²) >= 11 is 1.39. The van der Waals surface area contributed by atoms with E-state index < -0.39 is 0 Å². The second-order valence-corrected chi connectivity index (χ2v) is 5.32. The third-order valence-corrected chi connectivity index (χ3v) is 4.29. The molecule has 1 N–H and O–H groups in total. The van der Waals surface area contributed by atoms with Crippen molar-refractivity contribution in [1.82, 2.24) is 9.88 Å². The topological polar surface area (TPSA) is 53.4 Å². The summed E-state index contributed by atoms with van der Waals surface area (Å²) in [6, 6.07) is -0.0330. The fraction of sp³-hybridized carbons (Fsp3) is 0.667. The number of aliphatic hydroxyl groups is 1. The van der Waals surface area contributed by atoms with Gasteiger partial charge >= 0.3 is 0 Å². The van der Waals surface area contributed by atoms with Crippen molar-refractivity contribution in [1.29, 1.82) is 0 Å². The molecule has 0 aliphatic heterocycles. The van der Waals surface area contributed by atoms with Crippen molar-refractivity contribution in [3.05, 3.63) is 16.1 Å². The maximum Gasteiger partial charge on any atom is 0.265 e. The summed E-state index contributed by atoms with van der Waals surface area (Å²) in [5.74, 6) is -0.00435. The average molecular weight is 254 g/mol. The van der Waals surface area contributed by atoms with Crippen LogP contribution in [0.2, 0.25) is 0 Å². The third kappa shape index (κ3) is 2.35. The standard InChI is InChI=1S/C12H18N2O2S/c1-3-8-11(17-7-13-8)12(16)14(2)9-5-4-6-10(9)15/h7,9-10,15H,3-6H2,1-2H3/t9-,10-/m1/s1. The first-order valence-electron chi connectivity index (χ1n) is 6.02. The fourth-order valence-corrected chi connectivity index (χ4v) is 3.24. The van der Waals surface area contributed by atoms with Crippen LogP contribution in [0, 0.1) is 0 Å². The number of carbonyl (C=O) groups is 1. The lowest BCUT2D eigenvalue weighted by molar-refractivity contribution is 0.0542. The normalized spacial score (nSPS) is 23.9. The molecule has 0 saturated heterocycles. The van der Waals surface area contributed by atoms with E-state index in [9.17, 15) is 9.90 Å². The van der Waals surface area contributed by atoms with Gasteiger partial charge in [-0.25, -0.2) is 4.98 Å². The lowest BCUT2D eigenvalue weighted by atomic mass is 10.1. The number of nitrogens with zero attached hydrogens (tertiary/aromatic N) is 2. The van der Waals surface area contributed by atoms with Gasteiger partial charge in [0.15, 0.2) is 0 Å². The van der Waals surface area contributed by atoms with Crippen molar-refractivity contribution in [2.24, 2.45) is 0 Å². The summed E-state index contributed by atoms with van der Waals surface area (Å²) in [6.07, 6.45) is 3.08. The zero-order chi connectivity index (χ0) is 12.4. The van der Waals surface area contributed by atoms with E-state index in [-0.39, 0.29) is 18.1 Å². The predicted octanol–water partition coefficient (Wildman–Crippen LogP) is 1.69.